The van der Waals surface area contributed by atoms with Crippen LogP contribution in [0.15, 0.2) is 48.7 Å². The van der Waals surface area contributed by atoms with Crippen molar-refractivity contribution in [3.63, 3.8) is 0 Å². The Morgan fingerprint density at radius 1 is 1.06 bits per heavy atom. The summed E-state index contributed by atoms with van der Waals surface area (Å²) in [4.78, 5) is 19.6. The smallest absolute Gasteiger partial charge is 0.337 e. The fraction of sp³-hybridized carbons (Fsp3) is 0.448. The summed E-state index contributed by atoms with van der Waals surface area (Å²) < 4.78 is 6.15. The third-order valence-electron chi connectivity index (χ3n) is 6.76. The predicted molar refractivity (Wildman–Crippen MR) is 138 cm³/mol. The van der Waals surface area contributed by atoms with Crippen LogP contribution in [-0.4, -0.2) is 34.8 Å². The summed E-state index contributed by atoms with van der Waals surface area (Å²) >= 11 is 0. The van der Waals surface area contributed by atoms with E-state index in [1.54, 1.807) is 0 Å². The monoisotopic (exact) mass is 460 g/mol. The number of hydrogen-bond acceptors (Lipinski definition) is 4. The van der Waals surface area contributed by atoms with Gasteiger partial charge in [0.1, 0.15) is 0 Å². The minimum atomic E-state index is -1.10. The molecule has 1 aliphatic rings. The molecule has 34 heavy (non-hydrogen) atoms. The van der Waals surface area contributed by atoms with Gasteiger partial charge in [0.25, 0.3) is 0 Å². The lowest BCUT2D eigenvalue weighted by Crippen LogP contribution is -2.39. The first-order valence-electron chi connectivity index (χ1n) is 12.1. The summed E-state index contributed by atoms with van der Waals surface area (Å²) in [5.74, 6) is -0.992. The molecular formula is C29H36N2O3. The van der Waals surface area contributed by atoms with E-state index in [4.69, 9.17) is 9.72 Å². The maximum absolute atomic E-state index is 12.6. The SMILES string of the molecule is Cc1ncc(-c2cccc3ccccc23)c(N2CCC(C)(C)CC2)c1C(OC(C)(C)C)C(=O)O. The number of rotatable bonds is 5. The molecular weight excluding hydrogens is 424 g/mol. The van der Waals surface area contributed by atoms with Gasteiger partial charge in [0.15, 0.2) is 6.10 Å². The summed E-state index contributed by atoms with van der Waals surface area (Å²) in [5.41, 5.74) is 3.97. The largest absolute Gasteiger partial charge is 0.479 e. The van der Waals surface area contributed by atoms with Crippen LogP contribution in [0.1, 0.15) is 64.8 Å². The predicted octanol–water partition coefficient (Wildman–Crippen LogP) is 6.78. The first kappa shape index (κ1) is 24.2. The van der Waals surface area contributed by atoms with Gasteiger partial charge in [-0.2, -0.15) is 0 Å². The number of carboxylic acid groups (broad SMARTS) is 1. The van der Waals surface area contributed by atoms with Gasteiger partial charge in [0.05, 0.1) is 11.3 Å². The van der Waals surface area contributed by atoms with Gasteiger partial charge in [-0.15, -0.1) is 0 Å². The molecule has 180 valence electrons. The Labute approximate surface area is 202 Å². The van der Waals surface area contributed by atoms with Gasteiger partial charge in [-0.05, 0) is 62.3 Å². The molecule has 0 saturated carbocycles. The van der Waals surface area contributed by atoms with Crippen LogP contribution < -0.4 is 4.90 Å². The maximum atomic E-state index is 12.6. The Balaban J connectivity index is 1.99. The summed E-state index contributed by atoms with van der Waals surface area (Å²) in [6, 6.07) is 14.6. The molecule has 5 nitrogen and oxygen atoms in total. The third kappa shape index (κ3) is 4.95. The standard InChI is InChI=1S/C29H36N2O3/c1-19-24(26(27(32)33)34-28(2,3)4)25(31-16-14-29(5,6)15-17-31)23(18-30-19)22-13-9-11-20-10-7-8-12-21(20)22/h7-13,18,26H,14-17H2,1-6H3,(H,32,33). The van der Waals surface area contributed by atoms with E-state index >= 15 is 0 Å². The number of piperidine rings is 1. The summed E-state index contributed by atoms with van der Waals surface area (Å²) in [7, 11) is 0. The number of carbonyl (C=O) groups is 1. The van der Waals surface area contributed by atoms with E-state index in [0.29, 0.717) is 11.3 Å². The molecule has 0 aliphatic carbocycles. The van der Waals surface area contributed by atoms with Crippen LogP contribution in [0.3, 0.4) is 0 Å². The second-order valence-electron chi connectivity index (χ2n) is 11.1. The Hall–Kier alpha value is -2.92. The molecule has 2 aromatic carbocycles. The van der Waals surface area contributed by atoms with Crippen molar-refractivity contribution in [3.05, 3.63) is 59.9 Å². The minimum absolute atomic E-state index is 0.270. The molecule has 1 atom stereocenters. The third-order valence-corrected chi connectivity index (χ3v) is 6.76. The number of ether oxygens (including phenoxy) is 1. The molecule has 2 heterocycles. The van der Waals surface area contributed by atoms with Crippen molar-refractivity contribution in [3.8, 4) is 11.1 Å². The quantitative estimate of drug-likeness (QED) is 0.455. The van der Waals surface area contributed by atoms with Crippen molar-refractivity contribution in [1.82, 2.24) is 4.98 Å². The molecule has 0 spiro atoms. The van der Waals surface area contributed by atoms with Gasteiger partial charge in [0, 0.05) is 36.1 Å². The molecule has 1 N–H and O–H groups in total. The van der Waals surface area contributed by atoms with Gasteiger partial charge in [-0.25, -0.2) is 4.79 Å². The second kappa shape index (κ2) is 9.03. The van der Waals surface area contributed by atoms with Crippen LogP contribution >= 0.6 is 0 Å². The van der Waals surface area contributed by atoms with Crippen molar-refractivity contribution in [1.29, 1.82) is 0 Å². The first-order valence-corrected chi connectivity index (χ1v) is 12.1. The number of benzene rings is 2. The Kier molecular flexibility index (Phi) is 6.43. The molecule has 1 unspecified atom stereocenters. The zero-order valence-corrected chi connectivity index (χ0v) is 21.2. The van der Waals surface area contributed by atoms with Crippen molar-refractivity contribution in [2.24, 2.45) is 5.41 Å². The highest BCUT2D eigenvalue weighted by molar-refractivity contribution is 6.00. The number of aliphatic carboxylic acids is 1. The highest BCUT2D eigenvalue weighted by atomic mass is 16.5. The zero-order valence-electron chi connectivity index (χ0n) is 21.2. The number of nitrogens with zero attached hydrogens (tertiary/aromatic N) is 2. The van der Waals surface area contributed by atoms with Crippen molar-refractivity contribution in [2.75, 3.05) is 18.0 Å². The first-order chi connectivity index (χ1) is 16.0. The Morgan fingerprint density at radius 3 is 2.35 bits per heavy atom. The fourth-order valence-electron chi connectivity index (χ4n) is 4.84. The second-order valence-corrected chi connectivity index (χ2v) is 11.1. The average Bonchev–Trinajstić information content (AvgIpc) is 2.77. The molecule has 0 radical (unpaired) electrons. The number of hydrogen-bond donors (Lipinski definition) is 1. The van der Waals surface area contributed by atoms with Crippen LogP contribution in [0.5, 0.6) is 0 Å². The van der Waals surface area contributed by atoms with Crippen LogP contribution in [0.4, 0.5) is 5.69 Å². The van der Waals surface area contributed by atoms with E-state index < -0.39 is 17.7 Å². The molecule has 0 amide bonds. The molecule has 0 bridgehead atoms. The van der Waals surface area contributed by atoms with Gasteiger partial charge in [-0.1, -0.05) is 56.3 Å². The zero-order chi connectivity index (χ0) is 24.7. The lowest BCUT2D eigenvalue weighted by atomic mass is 9.82. The normalized spacial score (nSPS) is 17.1. The fourth-order valence-corrected chi connectivity index (χ4v) is 4.84. The van der Waals surface area contributed by atoms with E-state index in [9.17, 15) is 9.90 Å². The van der Waals surface area contributed by atoms with Gasteiger partial charge < -0.3 is 14.7 Å². The Morgan fingerprint density at radius 2 is 1.71 bits per heavy atom. The van der Waals surface area contributed by atoms with Crippen LogP contribution in [0.2, 0.25) is 0 Å². The van der Waals surface area contributed by atoms with Crippen molar-refractivity contribution in [2.45, 2.75) is 66.1 Å². The number of aromatic nitrogens is 1. The lowest BCUT2D eigenvalue weighted by molar-refractivity contribution is -0.160. The Bertz CT molecular complexity index is 1190. The number of pyridine rings is 1. The molecule has 4 rings (SSSR count). The van der Waals surface area contributed by atoms with Gasteiger partial charge >= 0.3 is 5.97 Å². The number of anilines is 1. The number of aryl methyl sites for hydroxylation is 1. The molecule has 1 aliphatic heterocycles. The van der Waals surface area contributed by atoms with E-state index in [-0.39, 0.29) is 5.41 Å². The van der Waals surface area contributed by atoms with Crippen LogP contribution in [0.25, 0.3) is 21.9 Å². The van der Waals surface area contributed by atoms with E-state index in [1.807, 2.05) is 46.0 Å². The van der Waals surface area contributed by atoms with E-state index in [1.165, 1.54) is 0 Å². The van der Waals surface area contributed by atoms with Crippen molar-refractivity contribution < 1.29 is 14.6 Å². The van der Waals surface area contributed by atoms with Gasteiger partial charge in [-0.3, -0.25) is 4.98 Å². The summed E-state index contributed by atoms with van der Waals surface area (Å²) in [6.45, 7) is 13.9. The number of carboxylic acids is 1. The number of fused-ring (bicyclic) bond motifs is 1. The molecule has 1 aromatic heterocycles. The summed E-state index contributed by atoms with van der Waals surface area (Å²) in [5, 5.41) is 12.6. The maximum Gasteiger partial charge on any atom is 0.337 e. The molecule has 1 saturated heterocycles. The average molecular weight is 461 g/mol. The van der Waals surface area contributed by atoms with Crippen molar-refractivity contribution >= 4 is 22.4 Å². The molecule has 5 heteroatoms. The molecule has 1 fully saturated rings. The summed E-state index contributed by atoms with van der Waals surface area (Å²) in [6.07, 6.45) is 2.89. The van der Waals surface area contributed by atoms with E-state index in [0.717, 1.165) is 53.5 Å². The minimum Gasteiger partial charge on any atom is -0.479 e. The highest BCUT2D eigenvalue weighted by Gasteiger charge is 2.35. The molecule has 3 aromatic rings. The van der Waals surface area contributed by atoms with E-state index in [2.05, 4.69) is 49.1 Å². The highest BCUT2D eigenvalue weighted by Crippen LogP contribution is 2.44. The van der Waals surface area contributed by atoms with Gasteiger partial charge in [0.2, 0.25) is 0 Å². The van der Waals surface area contributed by atoms with Crippen LogP contribution in [0, 0.1) is 12.3 Å². The topological polar surface area (TPSA) is 62.7 Å². The van der Waals surface area contributed by atoms with Crippen LogP contribution in [-0.2, 0) is 9.53 Å². The lowest BCUT2D eigenvalue weighted by Gasteiger charge is -2.41.